The molecule has 54 heavy (non-hydrogen) atoms. The number of benzene rings is 8. The smallest absolute Gasteiger partial charge is 0.171 e. The number of nitrogens with zero attached hydrogens (tertiary/aromatic N) is 1. The summed E-state index contributed by atoms with van der Waals surface area (Å²) in [7, 11) is -3.32. The highest BCUT2D eigenvalue weighted by Gasteiger charge is 2.54. The summed E-state index contributed by atoms with van der Waals surface area (Å²) in [5.41, 5.74) is 7.48. The Morgan fingerprint density at radius 1 is 0.444 bits per heavy atom. The third-order valence-electron chi connectivity index (χ3n) is 11.7. The van der Waals surface area contributed by atoms with Crippen molar-refractivity contribution in [2.45, 2.75) is 15.2 Å². The molecule has 0 aliphatic carbocycles. The van der Waals surface area contributed by atoms with Crippen LogP contribution in [-0.4, -0.2) is 4.57 Å². The molecule has 0 amide bonds. The zero-order chi connectivity index (χ0) is 35.6. The first-order valence-electron chi connectivity index (χ1n) is 18.3. The Labute approximate surface area is 320 Å². The van der Waals surface area contributed by atoms with E-state index in [2.05, 4.69) is 168 Å². The summed E-state index contributed by atoms with van der Waals surface area (Å²) < 4.78 is 21.3. The second-order valence-corrected chi connectivity index (χ2v) is 19.2. The molecule has 10 aromatic rings. The van der Waals surface area contributed by atoms with Gasteiger partial charge in [-0.3, -0.25) is 0 Å². The largest absolute Gasteiger partial charge is 0.309 e. The molecule has 0 N–H and O–H groups in total. The van der Waals surface area contributed by atoms with Gasteiger partial charge in [0.1, 0.15) is 0 Å². The second kappa shape index (κ2) is 11.2. The van der Waals surface area contributed by atoms with Gasteiger partial charge in [-0.25, -0.2) is 0 Å². The van der Waals surface area contributed by atoms with Gasteiger partial charge >= 0.3 is 0 Å². The van der Waals surface area contributed by atoms with Gasteiger partial charge in [0.05, 0.1) is 16.4 Å². The van der Waals surface area contributed by atoms with E-state index < -0.39 is 12.6 Å². The molecular formula is C49H30NOPS2. The van der Waals surface area contributed by atoms with Crippen molar-refractivity contribution in [2.75, 3.05) is 0 Å². The lowest BCUT2D eigenvalue weighted by Crippen LogP contribution is -2.48. The van der Waals surface area contributed by atoms with Gasteiger partial charge in [0.2, 0.25) is 0 Å². The fourth-order valence-corrected chi connectivity index (χ4v) is 15.1. The van der Waals surface area contributed by atoms with Crippen molar-refractivity contribution in [3.63, 3.8) is 0 Å². The minimum Gasteiger partial charge on any atom is -0.309 e. The van der Waals surface area contributed by atoms with Crippen LogP contribution in [0.1, 0.15) is 22.3 Å². The number of hydrogen-bond acceptors (Lipinski definition) is 3. The molecule has 2 aliphatic rings. The van der Waals surface area contributed by atoms with Crippen LogP contribution in [0.2, 0.25) is 0 Å². The van der Waals surface area contributed by atoms with Crippen LogP contribution in [0.4, 0.5) is 0 Å². The molecule has 4 heterocycles. The number of fused-ring (bicyclic) bond motifs is 14. The molecule has 2 unspecified atom stereocenters. The highest BCUT2D eigenvalue weighted by molar-refractivity contribution is 7.99. The topological polar surface area (TPSA) is 22.0 Å². The molecule has 8 aromatic carbocycles. The lowest BCUT2D eigenvalue weighted by atomic mass is 9.64. The summed E-state index contributed by atoms with van der Waals surface area (Å²) in [6.07, 6.45) is 0. The van der Waals surface area contributed by atoms with Crippen LogP contribution < -0.4 is 15.9 Å². The summed E-state index contributed by atoms with van der Waals surface area (Å²) in [5.74, 6) is 0. The molecule has 2 atom stereocenters. The SMILES string of the molecule is O=P1(c2ccccc2)c2ccccc2C2(c3ccccc3Sc3cc(-n4c5ccccc5c5ccccc54)ccc32)c2cc3c(cc21)sc1ccccc13. The van der Waals surface area contributed by atoms with Gasteiger partial charge in [0, 0.05) is 62.3 Å². The molecule has 1 spiro atoms. The number of aromatic nitrogens is 1. The normalized spacial score (nSPS) is 18.5. The minimum absolute atomic E-state index is 0.706. The van der Waals surface area contributed by atoms with Gasteiger partial charge in [-0.2, -0.15) is 0 Å². The van der Waals surface area contributed by atoms with Crippen LogP contribution in [0.25, 0.3) is 47.7 Å². The maximum absolute atomic E-state index is 16.4. The third kappa shape index (κ3) is 3.90. The zero-order valence-corrected chi connectivity index (χ0v) is 31.5. The molecule has 0 fully saturated rings. The van der Waals surface area contributed by atoms with Gasteiger partial charge < -0.3 is 9.13 Å². The van der Waals surface area contributed by atoms with E-state index in [0.717, 1.165) is 32.7 Å². The Kier molecular flexibility index (Phi) is 6.38. The van der Waals surface area contributed by atoms with Crippen molar-refractivity contribution in [3.8, 4) is 5.69 Å². The van der Waals surface area contributed by atoms with E-state index in [1.165, 1.54) is 62.9 Å². The number of thiophene rings is 1. The van der Waals surface area contributed by atoms with Crippen LogP contribution in [-0.2, 0) is 9.98 Å². The van der Waals surface area contributed by atoms with Crippen molar-refractivity contribution in [3.05, 3.63) is 204 Å². The number of rotatable bonds is 2. The lowest BCUT2D eigenvalue weighted by molar-refractivity contribution is 0.589. The Bertz CT molecular complexity index is 3200. The van der Waals surface area contributed by atoms with Crippen molar-refractivity contribution < 1.29 is 4.57 Å². The molecule has 254 valence electrons. The summed E-state index contributed by atoms with van der Waals surface area (Å²) in [6, 6.07) is 65.5. The Balaban J connectivity index is 1.24. The Morgan fingerprint density at radius 2 is 1.07 bits per heavy atom. The van der Waals surface area contributed by atoms with E-state index in [0.29, 0.717) is 0 Å². The highest BCUT2D eigenvalue weighted by Crippen LogP contribution is 2.62. The van der Waals surface area contributed by atoms with E-state index in [1.54, 1.807) is 11.3 Å². The second-order valence-electron chi connectivity index (χ2n) is 14.3. The molecular weight excluding hydrogens is 714 g/mol. The fourth-order valence-electron chi connectivity index (χ4n) is 9.53. The van der Waals surface area contributed by atoms with Gasteiger partial charge in [-0.1, -0.05) is 145 Å². The molecule has 0 saturated heterocycles. The lowest BCUT2D eigenvalue weighted by Gasteiger charge is -2.48. The maximum Gasteiger partial charge on any atom is 0.171 e. The average Bonchev–Trinajstić information content (AvgIpc) is 3.77. The predicted octanol–water partition coefficient (Wildman–Crippen LogP) is 12.0. The summed E-state index contributed by atoms with van der Waals surface area (Å²) >= 11 is 3.64. The highest BCUT2D eigenvalue weighted by atomic mass is 32.2. The third-order valence-corrected chi connectivity index (χ3v) is 17.1. The molecule has 2 aliphatic heterocycles. The van der Waals surface area contributed by atoms with Crippen LogP contribution in [0, 0.1) is 0 Å². The first kappa shape index (κ1) is 30.8. The van der Waals surface area contributed by atoms with Gasteiger partial charge in [-0.05, 0) is 70.8 Å². The summed E-state index contributed by atoms with van der Waals surface area (Å²) in [4.78, 5) is 2.43. The number of hydrogen-bond donors (Lipinski definition) is 0. The van der Waals surface area contributed by atoms with Gasteiger partial charge in [0.15, 0.2) is 7.14 Å². The van der Waals surface area contributed by atoms with E-state index >= 15 is 4.57 Å². The van der Waals surface area contributed by atoms with Gasteiger partial charge in [-0.15, -0.1) is 11.3 Å². The van der Waals surface area contributed by atoms with Crippen LogP contribution in [0.15, 0.2) is 192 Å². The maximum atomic E-state index is 16.4. The molecule has 12 rings (SSSR count). The molecule has 0 bridgehead atoms. The molecule has 0 saturated carbocycles. The van der Waals surface area contributed by atoms with Crippen molar-refractivity contribution in [1.29, 1.82) is 0 Å². The van der Waals surface area contributed by atoms with Gasteiger partial charge in [0.25, 0.3) is 0 Å². The fraction of sp³-hybridized carbons (Fsp3) is 0.0204. The van der Waals surface area contributed by atoms with Crippen molar-refractivity contribution in [2.24, 2.45) is 0 Å². The van der Waals surface area contributed by atoms with E-state index in [-0.39, 0.29) is 0 Å². The predicted molar refractivity (Wildman–Crippen MR) is 229 cm³/mol. The average molecular weight is 744 g/mol. The molecule has 0 radical (unpaired) electrons. The first-order chi connectivity index (χ1) is 26.7. The van der Waals surface area contributed by atoms with E-state index in [9.17, 15) is 0 Å². The standard InChI is InChI=1S/C49H30NOPS2/c51-52(32-14-2-1-3-15-32)43-23-11-7-19-37(43)49(40-29-36-35-18-6-12-24-45(35)53-47(36)30-44(40)52)38-20-8-13-25-46(38)54-48-28-31(26-27-39(48)49)50-41-21-9-4-16-33(41)34-17-5-10-22-42(34)50/h1-30H. The monoisotopic (exact) mass is 743 g/mol. The van der Waals surface area contributed by atoms with Crippen LogP contribution in [0.5, 0.6) is 0 Å². The molecule has 2 nitrogen and oxygen atoms in total. The first-order valence-corrected chi connectivity index (χ1v) is 21.6. The Morgan fingerprint density at radius 3 is 1.87 bits per heavy atom. The van der Waals surface area contributed by atoms with Crippen molar-refractivity contribution >= 4 is 88.1 Å². The van der Waals surface area contributed by atoms with Crippen molar-refractivity contribution in [1.82, 2.24) is 4.57 Å². The summed E-state index contributed by atoms with van der Waals surface area (Å²) in [6.45, 7) is 0. The summed E-state index contributed by atoms with van der Waals surface area (Å²) in [5, 5.41) is 7.68. The minimum atomic E-state index is -3.32. The molecule has 2 aromatic heterocycles. The number of para-hydroxylation sites is 2. The van der Waals surface area contributed by atoms with E-state index in [1.807, 2.05) is 30.0 Å². The quantitative estimate of drug-likeness (QED) is 0.165. The zero-order valence-electron chi connectivity index (χ0n) is 28.9. The Hall–Kier alpha value is -5.64. The van der Waals surface area contributed by atoms with E-state index in [4.69, 9.17) is 0 Å². The van der Waals surface area contributed by atoms with Crippen LogP contribution >= 0.6 is 30.2 Å². The molecule has 5 heteroatoms. The van der Waals surface area contributed by atoms with Crippen LogP contribution in [0.3, 0.4) is 0 Å².